The molecule has 1 amide bonds. The molecule has 0 aliphatic heterocycles. The summed E-state index contributed by atoms with van der Waals surface area (Å²) in [5.74, 6) is -0.983. The van der Waals surface area contributed by atoms with Crippen LogP contribution in [0.4, 0.5) is 5.00 Å². The number of carboxylic acids is 1. The second kappa shape index (κ2) is 7.50. The third-order valence-electron chi connectivity index (χ3n) is 3.34. The van der Waals surface area contributed by atoms with Gasteiger partial charge in [-0.3, -0.25) is 4.79 Å². The maximum atomic E-state index is 12.0. The van der Waals surface area contributed by atoms with Crippen molar-refractivity contribution < 1.29 is 19.1 Å². The van der Waals surface area contributed by atoms with E-state index in [0.717, 1.165) is 10.0 Å². The topological polar surface area (TPSA) is 79.5 Å². The van der Waals surface area contributed by atoms with Gasteiger partial charge in [0.05, 0.1) is 6.26 Å². The van der Waals surface area contributed by atoms with E-state index < -0.39 is 11.9 Å². The third kappa shape index (κ3) is 4.07. The number of carbonyl (C=O) groups is 2. The standard InChI is InChI=1S/C18H12BrNO4S/c19-12-5-3-11(4-6-12)14-10-25-17(16(14)18(22)23)20-15(21)8-7-13-2-1-9-24-13/h1-10H,(H,20,21)(H,22,23)/b8-7-. The second-order valence-electron chi connectivity index (χ2n) is 5.00. The van der Waals surface area contributed by atoms with Gasteiger partial charge >= 0.3 is 5.97 Å². The Morgan fingerprint density at radius 3 is 2.60 bits per heavy atom. The Kier molecular flexibility index (Phi) is 5.16. The highest BCUT2D eigenvalue weighted by Gasteiger charge is 2.20. The largest absolute Gasteiger partial charge is 0.478 e. The number of anilines is 1. The Morgan fingerprint density at radius 1 is 1.20 bits per heavy atom. The predicted octanol–water partition coefficient (Wildman–Crippen LogP) is 5.12. The summed E-state index contributed by atoms with van der Waals surface area (Å²) in [6.07, 6.45) is 4.31. The van der Waals surface area contributed by atoms with Gasteiger partial charge in [-0.1, -0.05) is 28.1 Å². The van der Waals surface area contributed by atoms with Crippen molar-refractivity contribution in [2.24, 2.45) is 0 Å². The maximum Gasteiger partial charge on any atom is 0.339 e. The molecular formula is C18H12BrNO4S. The first-order chi connectivity index (χ1) is 12.0. The molecule has 0 fully saturated rings. The monoisotopic (exact) mass is 417 g/mol. The highest BCUT2D eigenvalue weighted by Crippen LogP contribution is 2.36. The SMILES string of the molecule is O=C(/C=C\c1ccco1)Nc1scc(-c2ccc(Br)cc2)c1C(=O)O. The molecule has 126 valence electrons. The number of thiophene rings is 1. The van der Waals surface area contributed by atoms with Crippen LogP contribution in [0.2, 0.25) is 0 Å². The number of hydrogen-bond donors (Lipinski definition) is 2. The van der Waals surface area contributed by atoms with Crippen LogP contribution >= 0.6 is 27.3 Å². The summed E-state index contributed by atoms with van der Waals surface area (Å²) in [5.41, 5.74) is 1.41. The molecule has 2 N–H and O–H groups in total. The zero-order valence-corrected chi connectivity index (χ0v) is 15.1. The summed E-state index contributed by atoms with van der Waals surface area (Å²) in [7, 11) is 0. The van der Waals surface area contributed by atoms with E-state index in [1.54, 1.807) is 17.5 Å². The highest BCUT2D eigenvalue weighted by atomic mass is 79.9. The van der Waals surface area contributed by atoms with Crippen molar-refractivity contribution in [1.82, 2.24) is 0 Å². The summed E-state index contributed by atoms with van der Waals surface area (Å²) in [6, 6.07) is 10.7. The van der Waals surface area contributed by atoms with Crippen LogP contribution in [0.5, 0.6) is 0 Å². The van der Waals surface area contributed by atoms with Gasteiger partial charge in [0, 0.05) is 21.5 Å². The van der Waals surface area contributed by atoms with Crippen LogP contribution in [0, 0.1) is 0 Å². The molecule has 0 aliphatic rings. The minimum absolute atomic E-state index is 0.0760. The Bertz CT molecular complexity index is 927. The van der Waals surface area contributed by atoms with Gasteiger partial charge in [0.2, 0.25) is 5.91 Å². The van der Waals surface area contributed by atoms with E-state index in [2.05, 4.69) is 21.2 Å². The van der Waals surface area contributed by atoms with E-state index in [9.17, 15) is 14.7 Å². The first-order valence-corrected chi connectivity index (χ1v) is 8.85. The summed E-state index contributed by atoms with van der Waals surface area (Å²) in [5, 5.41) is 14.2. The van der Waals surface area contributed by atoms with Crippen LogP contribution in [0.3, 0.4) is 0 Å². The number of aromatic carboxylic acids is 1. The van der Waals surface area contributed by atoms with Crippen LogP contribution in [0.15, 0.2) is 63.0 Å². The Balaban J connectivity index is 1.85. The van der Waals surface area contributed by atoms with Crippen LogP contribution in [0.25, 0.3) is 17.2 Å². The number of rotatable bonds is 5. The number of nitrogens with one attached hydrogen (secondary N) is 1. The molecule has 0 saturated heterocycles. The van der Waals surface area contributed by atoms with Gasteiger partial charge in [0.1, 0.15) is 16.3 Å². The fourth-order valence-corrected chi connectivity index (χ4v) is 3.43. The Morgan fingerprint density at radius 2 is 1.96 bits per heavy atom. The number of amides is 1. The van der Waals surface area contributed by atoms with Gasteiger partial charge in [-0.2, -0.15) is 0 Å². The van der Waals surface area contributed by atoms with Gasteiger partial charge in [-0.05, 0) is 35.9 Å². The number of hydrogen-bond acceptors (Lipinski definition) is 4. The van der Waals surface area contributed by atoms with Crippen molar-refractivity contribution in [2.75, 3.05) is 5.32 Å². The predicted molar refractivity (Wildman–Crippen MR) is 101 cm³/mol. The van der Waals surface area contributed by atoms with E-state index >= 15 is 0 Å². The molecule has 0 bridgehead atoms. The van der Waals surface area contributed by atoms with E-state index in [0.29, 0.717) is 16.3 Å². The molecule has 0 atom stereocenters. The van der Waals surface area contributed by atoms with Crippen molar-refractivity contribution in [2.45, 2.75) is 0 Å². The van der Waals surface area contributed by atoms with Gasteiger partial charge in [0.15, 0.2) is 0 Å². The Labute approximate surface area is 155 Å². The first kappa shape index (κ1) is 17.2. The van der Waals surface area contributed by atoms with Gasteiger partial charge in [0.25, 0.3) is 0 Å². The lowest BCUT2D eigenvalue weighted by Crippen LogP contribution is -2.10. The average molecular weight is 418 g/mol. The molecule has 0 radical (unpaired) electrons. The van der Waals surface area contributed by atoms with Crippen LogP contribution < -0.4 is 5.32 Å². The van der Waals surface area contributed by atoms with Gasteiger partial charge < -0.3 is 14.8 Å². The Hall–Kier alpha value is -2.64. The molecular weight excluding hydrogens is 406 g/mol. The smallest absolute Gasteiger partial charge is 0.339 e. The molecule has 2 heterocycles. The fourth-order valence-electron chi connectivity index (χ4n) is 2.20. The zero-order chi connectivity index (χ0) is 17.8. The number of carbonyl (C=O) groups excluding carboxylic acids is 1. The molecule has 25 heavy (non-hydrogen) atoms. The highest BCUT2D eigenvalue weighted by molar-refractivity contribution is 9.10. The molecule has 5 nitrogen and oxygen atoms in total. The fraction of sp³-hybridized carbons (Fsp3) is 0. The molecule has 0 spiro atoms. The summed E-state index contributed by atoms with van der Waals surface area (Å²) >= 11 is 4.52. The molecule has 3 rings (SSSR count). The quantitative estimate of drug-likeness (QED) is 0.564. The van der Waals surface area contributed by atoms with E-state index in [1.807, 2.05) is 24.3 Å². The second-order valence-corrected chi connectivity index (χ2v) is 6.80. The lowest BCUT2D eigenvalue weighted by molar-refractivity contribution is -0.111. The molecule has 0 unspecified atom stereocenters. The summed E-state index contributed by atoms with van der Waals surface area (Å²) in [6.45, 7) is 0. The van der Waals surface area contributed by atoms with E-state index in [1.165, 1.54) is 29.8 Å². The maximum absolute atomic E-state index is 12.0. The minimum atomic E-state index is -1.09. The first-order valence-electron chi connectivity index (χ1n) is 7.18. The molecule has 7 heteroatoms. The molecule has 1 aromatic carbocycles. The van der Waals surface area contributed by atoms with Crippen LogP contribution in [-0.2, 0) is 4.79 Å². The minimum Gasteiger partial charge on any atom is -0.478 e. The van der Waals surface area contributed by atoms with Crippen LogP contribution in [0.1, 0.15) is 16.1 Å². The normalized spacial score (nSPS) is 10.9. The van der Waals surface area contributed by atoms with Gasteiger partial charge in [-0.15, -0.1) is 11.3 Å². The summed E-state index contributed by atoms with van der Waals surface area (Å²) < 4.78 is 6.01. The number of carboxylic acid groups (broad SMARTS) is 1. The van der Waals surface area contributed by atoms with Crippen molar-refractivity contribution in [3.63, 3.8) is 0 Å². The average Bonchev–Trinajstić information content (AvgIpc) is 3.23. The third-order valence-corrected chi connectivity index (χ3v) is 4.76. The number of halogens is 1. The molecule has 3 aromatic rings. The molecule has 0 aliphatic carbocycles. The van der Waals surface area contributed by atoms with E-state index in [-0.39, 0.29) is 5.56 Å². The van der Waals surface area contributed by atoms with E-state index in [4.69, 9.17) is 4.42 Å². The number of furan rings is 1. The molecule has 0 saturated carbocycles. The van der Waals surface area contributed by atoms with Crippen molar-refractivity contribution in [3.8, 4) is 11.1 Å². The van der Waals surface area contributed by atoms with Crippen LogP contribution in [-0.4, -0.2) is 17.0 Å². The van der Waals surface area contributed by atoms with Gasteiger partial charge in [-0.25, -0.2) is 4.79 Å². The number of benzene rings is 1. The van der Waals surface area contributed by atoms with Crippen molar-refractivity contribution >= 4 is 50.2 Å². The lowest BCUT2D eigenvalue weighted by Gasteiger charge is -2.04. The van der Waals surface area contributed by atoms with Crippen molar-refractivity contribution in [3.05, 3.63) is 69.9 Å². The van der Waals surface area contributed by atoms with Crippen molar-refractivity contribution in [1.29, 1.82) is 0 Å². The molecule has 2 aromatic heterocycles. The summed E-state index contributed by atoms with van der Waals surface area (Å²) in [4.78, 5) is 23.7. The zero-order valence-electron chi connectivity index (χ0n) is 12.7. The lowest BCUT2D eigenvalue weighted by atomic mass is 10.0.